The zero-order valence-electron chi connectivity index (χ0n) is 9.43. The molecule has 88 valence electrons. The molecule has 0 aliphatic carbocycles. The van der Waals surface area contributed by atoms with Crippen molar-refractivity contribution in [2.24, 2.45) is 0 Å². The van der Waals surface area contributed by atoms with E-state index in [1.165, 1.54) is 0 Å². The van der Waals surface area contributed by atoms with Crippen LogP contribution in [0.5, 0.6) is 0 Å². The maximum absolute atomic E-state index is 12.2. The van der Waals surface area contributed by atoms with E-state index in [-0.39, 0.29) is 18.1 Å². The van der Waals surface area contributed by atoms with E-state index < -0.39 is 0 Å². The van der Waals surface area contributed by atoms with Gasteiger partial charge in [-0.05, 0) is 14.0 Å². The molecule has 1 fully saturated rings. The number of hydrogen-bond acceptors (Lipinski definition) is 4. The Morgan fingerprint density at radius 2 is 2.50 bits per heavy atom. The highest BCUT2D eigenvalue weighted by Crippen LogP contribution is 2.15. The van der Waals surface area contributed by atoms with Crippen molar-refractivity contribution in [1.29, 1.82) is 0 Å². The molecule has 1 saturated heterocycles. The number of hydrogen-bond donors (Lipinski definition) is 2. The van der Waals surface area contributed by atoms with Crippen LogP contribution in [-0.2, 0) is 9.53 Å². The van der Waals surface area contributed by atoms with Crippen LogP contribution in [0.2, 0.25) is 0 Å². The number of likely N-dealkylation sites (N-methyl/N-ethyl adjacent to an activating group) is 1. The molecule has 0 bridgehead atoms. The van der Waals surface area contributed by atoms with Gasteiger partial charge in [0.15, 0.2) is 5.82 Å². The summed E-state index contributed by atoms with van der Waals surface area (Å²) in [6, 6.07) is -0.320. The molecule has 2 atom stereocenters. The van der Waals surface area contributed by atoms with Crippen LogP contribution in [0.25, 0.3) is 0 Å². The summed E-state index contributed by atoms with van der Waals surface area (Å²) in [4.78, 5) is 20.8. The Balaban J connectivity index is 2.23. The van der Waals surface area contributed by atoms with Gasteiger partial charge in [-0.3, -0.25) is 9.69 Å². The molecule has 1 aliphatic rings. The molecule has 1 aromatic heterocycles. The van der Waals surface area contributed by atoms with Gasteiger partial charge in [-0.15, -0.1) is 0 Å². The fraction of sp³-hybridized carbons (Fsp3) is 0.600. The van der Waals surface area contributed by atoms with Crippen molar-refractivity contribution in [3.8, 4) is 0 Å². The van der Waals surface area contributed by atoms with Gasteiger partial charge in [-0.1, -0.05) is 0 Å². The fourth-order valence-electron chi connectivity index (χ4n) is 1.89. The third kappa shape index (κ3) is 1.94. The molecular formula is C10H16N4O2. The summed E-state index contributed by atoms with van der Waals surface area (Å²) in [6.45, 7) is 2.96. The number of nitrogens with one attached hydrogen (secondary N) is 2. The molecule has 6 heteroatoms. The zero-order chi connectivity index (χ0) is 11.5. The third-order valence-corrected chi connectivity index (χ3v) is 2.77. The minimum absolute atomic E-state index is 0.000370. The fourth-order valence-corrected chi connectivity index (χ4v) is 1.89. The first kappa shape index (κ1) is 11.1. The van der Waals surface area contributed by atoms with Crippen molar-refractivity contribution in [3.63, 3.8) is 0 Å². The number of ether oxygens (including phenoxy) is 1. The summed E-state index contributed by atoms with van der Waals surface area (Å²) < 4.78 is 5.54. The number of H-pyrrole nitrogens is 1. The van der Waals surface area contributed by atoms with Gasteiger partial charge in [0.2, 0.25) is 5.91 Å². The van der Waals surface area contributed by atoms with Crippen LogP contribution < -0.4 is 10.2 Å². The SMILES string of the molecule is CNC1C(=O)N(c2c[nH]cn2)CCOC1C. The Bertz CT molecular complexity index is 352. The monoisotopic (exact) mass is 224 g/mol. The summed E-state index contributed by atoms with van der Waals surface area (Å²) in [5, 5.41) is 2.98. The number of rotatable bonds is 2. The number of anilines is 1. The zero-order valence-corrected chi connectivity index (χ0v) is 9.43. The maximum Gasteiger partial charge on any atom is 0.248 e. The van der Waals surface area contributed by atoms with E-state index in [2.05, 4.69) is 15.3 Å². The molecule has 0 radical (unpaired) electrons. The van der Waals surface area contributed by atoms with Crippen LogP contribution in [0.4, 0.5) is 5.82 Å². The average Bonchev–Trinajstić information content (AvgIpc) is 2.74. The van der Waals surface area contributed by atoms with Gasteiger partial charge >= 0.3 is 0 Å². The highest BCUT2D eigenvalue weighted by Gasteiger charge is 2.32. The molecular weight excluding hydrogens is 208 g/mol. The summed E-state index contributed by atoms with van der Waals surface area (Å²) in [5.74, 6) is 0.641. The number of nitrogens with zero attached hydrogens (tertiary/aromatic N) is 2. The summed E-state index contributed by atoms with van der Waals surface area (Å²) in [5.41, 5.74) is 0. The maximum atomic E-state index is 12.2. The van der Waals surface area contributed by atoms with Crippen molar-refractivity contribution in [3.05, 3.63) is 12.5 Å². The van der Waals surface area contributed by atoms with Crippen molar-refractivity contribution in [2.45, 2.75) is 19.1 Å². The van der Waals surface area contributed by atoms with Crippen LogP contribution in [0.3, 0.4) is 0 Å². The second kappa shape index (κ2) is 4.63. The first-order valence-corrected chi connectivity index (χ1v) is 5.33. The van der Waals surface area contributed by atoms with Gasteiger partial charge in [-0.25, -0.2) is 4.98 Å². The molecule has 1 aromatic rings. The largest absolute Gasteiger partial charge is 0.374 e. The number of aromatic amines is 1. The van der Waals surface area contributed by atoms with Gasteiger partial charge in [0.1, 0.15) is 6.04 Å². The summed E-state index contributed by atoms with van der Waals surface area (Å²) >= 11 is 0. The first-order chi connectivity index (χ1) is 7.74. The molecule has 0 spiro atoms. The van der Waals surface area contributed by atoms with Gasteiger partial charge in [0, 0.05) is 6.20 Å². The number of carbonyl (C=O) groups excluding carboxylic acids is 1. The van der Waals surface area contributed by atoms with Gasteiger partial charge < -0.3 is 15.0 Å². The number of carbonyl (C=O) groups is 1. The lowest BCUT2D eigenvalue weighted by Crippen LogP contribution is -2.49. The number of aromatic nitrogens is 2. The van der Waals surface area contributed by atoms with Crippen molar-refractivity contribution >= 4 is 11.7 Å². The molecule has 1 amide bonds. The van der Waals surface area contributed by atoms with Crippen LogP contribution in [-0.4, -0.2) is 48.2 Å². The molecule has 2 rings (SSSR count). The van der Waals surface area contributed by atoms with E-state index in [0.29, 0.717) is 19.0 Å². The Morgan fingerprint density at radius 1 is 1.69 bits per heavy atom. The Labute approximate surface area is 94.0 Å². The third-order valence-electron chi connectivity index (χ3n) is 2.77. The smallest absolute Gasteiger partial charge is 0.248 e. The van der Waals surface area contributed by atoms with Gasteiger partial charge in [0.25, 0.3) is 0 Å². The van der Waals surface area contributed by atoms with E-state index in [0.717, 1.165) is 0 Å². The quantitative estimate of drug-likeness (QED) is 0.726. The van der Waals surface area contributed by atoms with Crippen LogP contribution in [0, 0.1) is 0 Å². The minimum Gasteiger partial charge on any atom is -0.374 e. The predicted octanol–water partition coefficient (Wildman–Crippen LogP) is -0.251. The van der Waals surface area contributed by atoms with E-state index in [9.17, 15) is 4.79 Å². The molecule has 6 nitrogen and oxygen atoms in total. The molecule has 2 heterocycles. The van der Waals surface area contributed by atoms with E-state index in [1.807, 2.05) is 6.92 Å². The lowest BCUT2D eigenvalue weighted by Gasteiger charge is -2.23. The van der Waals surface area contributed by atoms with Gasteiger partial charge in [0.05, 0.1) is 25.6 Å². The number of imidazole rings is 1. The normalized spacial score (nSPS) is 26.9. The Kier molecular flexibility index (Phi) is 3.21. The molecule has 1 aliphatic heterocycles. The molecule has 16 heavy (non-hydrogen) atoms. The van der Waals surface area contributed by atoms with Crippen LogP contribution in [0.1, 0.15) is 6.92 Å². The van der Waals surface area contributed by atoms with Gasteiger partial charge in [-0.2, -0.15) is 0 Å². The second-order valence-electron chi connectivity index (χ2n) is 3.76. The van der Waals surface area contributed by atoms with E-state index in [1.54, 1.807) is 24.5 Å². The van der Waals surface area contributed by atoms with Crippen LogP contribution >= 0.6 is 0 Å². The van der Waals surface area contributed by atoms with E-state index >= 15 is 0 Å². The van der Waals surface area contributed by atoms with Crippen molar-refractivity contribution in [2.75, 3.05) is 25.1 Å². The molecule has 0 aromatic carbocycles. The standard InChI is InChI=1S/C10H16N4O2/c1-7-9(11-2)10(15)14(3-4-16-7)8-5-12-6-13-8/h5-7,9,11H,3-4H2,1-2H3,(H,12,13). The second-order valence-corrected chi connectivity index (χ2v) is 3.76. The van der Waals surface area contributed by atoms with E-state index in [4.69, 9.17) is 4.74 Å². The predicted molar refractivity (Wildman–Crippen MR) is 59.2 cm³/mol. The van der Waals surface area contributed by atoms with Crippen molar-refractivity contribution < 1.29 is 9.53 Å². The lowest BCUT2D eigenvalue weighted by molar-refractivity contribution is -0.122. The molecule has 2 N–H and O–H groups in total. The first-order valence-electron chi connectivity index (χ1n) is 5.33. The highest BCUT2D eigenvalue weighted by atomic mass is 16.5. The molecule has 0 saturated carbocycles. The highest BCUT2D eigenvalue weighted by molar-refractivity contribution is 5.96. The van der Waals surface area contributed by atoms with Crippen molar-refractivity contribution in [1.82, 2.24) is 15.3 Å². The summed E-state index contributed by atoms with van der Waals surface area (Å²) in [6.07, 6.45) is 3.15. The Hall–Kier alpha value is -1.40. The average molecular weight is 224 g/mol. The topological polar surface area (TPSA) is 70.2 Å². The van der Waals surface area contributed by atoms with Crippen LogP contribution in [0.15, 0.2) is 12.5 Å². The Morgan fingerprint density at radius 3 is 3.12 bits per heavy atom. The minimum atomic E-state index is -0.320. The number of amides is 1. The molecule has 2 unspecified atom stereocenters. The lowest BCUT2D eigenvalue weighted by atomic mass is 10.1. The summed E-state index contributed by atoms with van der Waals surface area (Å²) in [7, 11) is 1.76.